The van der Waals surface area contributed by atoms with E-state index in [9.17, 15) is 0 Å². The van der Waals surface area contributed by atoms with Crippen molar-refractivity contribution < 1.29 is 0 Å². The number of hydrogen-bond acceptors (Lipinski definition) is 2. The molecule has 1 heterocycles. The average Bonchev–Trinajstić information content (AvgIpc) is 1.94. The Morgan fingerprint density at radius 3 is 2.64 bits per heavy atom. The Kier molecular flexibility index (Phi) is 2.35. The van der Waals surface area contributed by atoms with Gasteiger partial charge in [0.25, 0.3) is 0 Å². The zero-order valence-corrected chi connectivity index (χ0v) is 7.39. The highest BCUT2D eigenvalue weighted by Crippen LogP contribution is 2.26. The maximum Gasteiger partial charge on any atom is 0.0853 e. The van der Waals surface area contributed by atoms with Crippen LogP contribution in [0.15, 0.2) is 12.3 Å². The second-order valence-corrected chi connectivity index (χ2v) is 3.13. The van der Waals surface area contributed by atoms with Gasteiger partial charge in [-0.15, -0.1) is 0 Å². The first-order valence-corrected chi connectivity index (χ1v) is 3.90. The molecule has 1 aromatic rings. The summed E-state index contributed by atoms with van der Waals surface area (Å²) < 4.78 is 0. The lowest BCUT2D eigenvalue weighted by atomic mass is 10.1. The fourth-order valence-corrected chi connectivity index (χ4v) is 1.21. The number of nitrogen functional groups attached to an aromatic ring is 1. The smallest absolute Gasteiger partial charge is 0.0853 e. The summed E-state index contributed by atoms with van der Waals surface area (Å²) in [5, 5.41) is 0.586. The standard InChI is InChI=1S/C8H11ClN2/c1-5(2)8-7(9)6(10)3-4-11-8/h3-5H,1-2H3,(H2,10,11). The first kappa shape index (κ1) is 8.34. The molecule has 60 valence electrons. The van der Waals surface area contributed by atoms with Gasteiger partial charge in [-0.2, -0.15) is 0 Å². The van der Waals surface area contributed by atoms with Crippen molar-refractivity contribution in [1.82, 2.24) is 4.98 Å². The Labute approximate surface area is 71.4 Å². The number of hydrogen-bond donors (Lipinski definition) is 1. The topological polar surface area (TPSA) is 38.9 Å². The number of nitrogens with two attached hydrogens (primary N) is 1. The van der Waals surface area contributed by atoms with E-state index < -0.39 is 0 Å². The van der Waals surface area contributed by atoms with Gasteiger partial charge in [0.15, 0.2) is 0 Å². The Balaban J connectivity index is 3.17. The summed E-state index contributed by atoms with van der Waals surface area (Å²) in [4.78, 5) is 4.13. The number of pyridine rings is 1. The van der Waals surface area contributed by atoms with E-state index in [1.807, 2.05) is 13.8 Å². The number of rotatable bonds is 1. The van der Waals surface area contributed by atoms with E-state index >= 15 is 0 Å². The predicted molar refractivity (Wildman–Crippen MR) is 47.7 cm³/mol. The van der Waals surface area contributed by atoms with Crippen LogP contribution in [0.1, 0.15) is 25.5 Å². The van der Waals surface area contributed by atoms with Crippen LogP contribution in [-0.4, -0.2) is 4.98 Å². The van der Waals surface area contributed by atoms with E-state index in [0.29, 0.717) is 16.6 Å². The Morgan fingerprint density at radius 1 is 1.55 bits per heavy atom. The summed E-state index contributed by atoms with van der Waals surface area (Å²) in [6.45, 7) is 4.07. The third-order valence-corrected chi connectivity index (χ3v) is 1.90. The molecule has 0 amide bonds. The van der Waals surface area contributed by atoms with Crippen molar-refractivity contribution in [3.05, 3.63) is 23.0 Å². The highest BCUT2D eigenvalue weighted by molar-refractivity contribution is 6.33. The van der Waals surface area contributed by atoms with Gasteiger partial charge in [-0.1, -0.05) is 25.4 Å². The fraction of sp³-hybridized carbons (Fsp3) is 0.375. The van der Waals surface area contributed by atoms with Gasteiger partial charge in [0, 0.05) is 6.20 Å². The molecule has 1 rings (SSSR count). The van der Waals surface area contributed by atoms with Crippen LogP contribution < -0.4 is 5.73 Å². The van der Waals surface area contributed by atoms with Crippen LogP contribution in [0, 0.1) is 0 Å². The van der Waals surface area contributed by atoms with Crippen LogP contribution in [-0.2, 0) is 0 Å². The minimum Gasteiger partial charge on any atom is -0.397 e. The lowest BCUT2D eigenvalue weighted by Crippen LogP contribution is -1.96. The summed E-state index contributed by atoms with van der Waals surface area (Å²) >= 11 is 5.90. The highest BCUT2D eigenvalue weighted by atomic mass is 35.5. The van der Waals surface area contributed by atoms with Crippen molar-refractivity contribution in [3.63, 3.8) is 0 Å². The summed E-state index contributed by atoms with van der Waals surface area (Å²) in [5.74, 6) is 0.325. The van der Waals surface area contributed by atoms with Crippen molar-refractivity contribution in [2.24, 2.45) is 0 Å². The molecule has 0 atom stereocenters. The fourth-order valence-electron chi connectivity index (χ4n) is 0.878. The van der Waals surface area contributed by atoms with Gasteiger partial charge in [-0.25, -0.2) is 0 Å². The first-order chi connectivity index (χ1) is 5.13. The molecule has 2 N–H and O–H groups in total. The molecule has 0 aliphatic heterocycles. The molecule has 2 nitrogen and oxygen atoms in total. The van der Waals surface area contributed by atoms with Crippen LogP contribution in [0.5, 0.6) is 0 Å². The van der Waals surface area contributed by atoms with E-state index in [4.69, 9.17) is 17.3 Å². The van der Waals surface area contributed by atoms with Gasteiger partial charge in [0.1, 0.15) is 0 Å². The Morgan fingerprint density at radius 2 is 2.18 bits per heavy atom. The second kappa shape index (κ2) is 3.09. The minimum absolute atomic E-state index is 0.325. The van der Waals surface area contributed by atoms with E-state index in [0.717, 1.165) is 5.69 Å². The Hall–Kier alpha value is -0.760. The molecule has 0 saturated heterocycles. The monoisotopic (exact) mass is 170 g/mol. The zero-order chi connectivity index (χ0) is 8.43. The quantitative estimate of drug-likeness (QED) is 0.703. The number of anilines is 1. The normalized spacial score (nSPS) is 10.5. The number of halogens is 1. The maximum atomic E-state index is 5.90. The summed E-state index contributed by atoms with van der Waals surface area (Å²) in [6, 6.07) is 1.70. The van der Waals surface area contributed by atoms with Crippen molar-refractivity contribution in [3.8, 4) is 0 Å². The van der Waals surface area contributed by atoms with Gasteiger partial charge in [-0.05, 0) is 12.0 Å². The number of aromatic nitrogens is 1. The van der Waals surface area contributed by atoms with Crippen LogP contribution in [0.25, 0.3) is 0 Å². The third-order valence-electron chi connectivity index (χ3n) is 1.49. The van der Waals surface area contributed by atoms with Crippen molar-refractivity contribution in [1.29, 1.82) is 0 Å². The SMILES string of the molecule is CC(C)c1nccc(N)c1Cl. The molecule has 0 saturated carbocycles. The van der Waals surface area contributed by atoms with E-state index in [-0.39, 0.29) is 0 Å². The van der Waals surface area contributed by atoms with Crippen LogP contribution in [0.4, 0.5) is 5.69 Å². The molecule has 0 bridgehead atoms. The van der Waals surface area contributed by atoms with E-state index in [1.165, 1.54) is 0 Å². The van der Waals surface area contributed by atoms with Crippen LogP contribution in [0.3, 0.4) is 0 Å². The molecule has 0 aromatic carbocycles. The maximum absolute atomic E-state index is 5.90. The Bertz CT molecular complexity index is 258. The molecule has 0 unspecified atom stereocenters. The highest BCUT2D eigenvalue weighted by Gasteiger charge is 2.07. The van der Waals surface area contributed by atoms with E-state index in [1.54, 1.807) is 12.3 Å². The molecule has 1 aromatic heterocycles. The molecule has 0 fully saturated rings. The molecule has 0 aliphatic rings. The van der Waals surface area contributed by atoms with Crippen molar-refractivity contribution >= 4 is 17.3 Å². The molecule has 0 aliphatic carbocycles. The molecule has 3 heteroatoms. The van der Waals surface area contributed by atoms with Crippen molar-refractivity contribution in [2.75, 3.05) is 5.73 Å². The molecule has 0 radical (unpaired) electrons. The first-order valence-electron chi connectivity index (χ1n) is 3.52. The molecular formula is C8H11ClN2. The van der Waals surface area contributed by atoms with Crippen LogP contribution in [0.2, 0.25) is 5.02 Å². The second-order valence-electron chi connectivity index (χ2n) is 2.75. The van der Waals surface area contributed by atoms with Gasteiger partial charge < -0.3 is 5.73 Å². The average molecular weight is 171 g/mol. The zero-order valence-electron chi connectivity index (χ0n) is 6.63. The van der Waals surface area contributed by atoms with Gasteiger partial charge in [-0.3, -0.25) is 4.98 Å². The number of nitrogens with zero attached hydrogens (tertiary/aromatic N) is 1. The summed E-state index contributed by atoms with van der Waals surface area (Å²) in [6.07, 6.45) is 1.68. The minimum atomic E-state index is 0.325. The van der Waals surface area contributed by atoms with Crippen molar-refractivity contribution in [2.45, 2.75) is 19.8 Å². The van der Waals surface area contributed by atoms with Gasteiger partial charge in [0.2, 0.25) is 0 Å². The molecular weight excluding hydrogens is 160 g/mol. The van der Waals surface area contributed by atoms with Gasteiger partial charge >= 0.3 is 0 Å². The molecule has 0 spiro atoms. The summed E-state index contributed by atoms with van der Waals surface area (Å²) in [5.41, 5.74) is 7.06. The lowest BCUT2D eigenvalue weighted by Gasteiger charge is -2.07. The lowest BCUT2D eigenvalue weighted by molar-refractivity contribution is 0.824. The molecule has 11 heavy (non-hydrogen) atoms. The largest absolute Gasteiger partial charge is 0.397 e. The van der Waals surface area contributed by atoms with E-state index in [2.05, 4.69) is 4.98 Å². The van der Waals surface area contributed by atoms with Crippen LogP contribution >= 0.6 is 11.6 Å². The predicted octanol–water partition coefficient (Wildman–Crippen LogP) is 2.44. The summed E-state index contributed by atoms with van der Waals surface area (Å²) in [7, 11) is 0. The third kappa shape index (κ3) is 1.63. The van der Waals surface area contributed by atoms with Gasteiger partial charge in [0.05, 0.1) is 16.4 Å².